The Bertz CT molecular complexity index is 392. The molecule has 0 saturated carbocycles. The standard InChI is InChI=1S/C12H17N3O2/c1-3-8(2)10(11(13)16)15-12(17)9-4-6-14-7-5-9/h4-8,10H,3H2,1-2H3,(H2,13,16)(H,15,17)/t8-,10+/m1/s1. The number of carbonyl (C=O) groups is 2. The highest BCUT2D eigenvalue weighted by Crippen LogP contribution is 2.08. The first-order chi connectivity index (χ1) is 8.06. The van der Waals surface area contributed by atoms with Gasteiger partial charge in [-0.15, -0.1) is 0 Å². The Hall–Kier alpha value is -1.91. The first-order valence-electron chi connectivity index (χ1n) is 5.56. The molecule has 5 nitrogen and oxygen atoms in total. The van der Waals surface area contributed by atoms with E-state index in [9.17, 15) is 9.59 Å². The van der Waals surface area contributed by atoms with E-state index in [4.69, 9.17) is 5.73 Å². The van der Waals surface area contributed by atoms with E-state index in [0.717, 1.165) is 6.42 Å². The highest BCUT2D eigenvalue weighted by atomic mass is 16.2. The van der Waals surface area contributed by atoms with Crippen LogP contribution < -0.4 is 11.1 Å². The van der Waals surface area contributed by atoms with Crippen molar-refractivity contribution < 1.29 is 9.59 Å². The van der Waals surface area contributed by atoms with Crippen molar-refractivity contribution in [2.75, 3.05) is 0 Å². The van der Waals surface area contributed by atoms with Crippen molar-refractivity contribution in [2.45, 2.75) is 26.3 Å². The zero-order chi connectivity index (χ0) is 12.8. The largest absolute Gasteiger partial charge is 0.368 e. The predicted molar refractivity (Wildman–Crippen MR) is 64.1 cm³/mol. The molecular weight excluding hydrogens is 218 g/mol. The number of nitrogens with zero attached hydrogens (tertiary/aromatic N) is 1. The molecule has 92 valence electrons. The molecule has 1 rings (SSSR count). The van der Waals surface area contributed by atoms with E-state index < -0.39 is 11.9 Å². The number of aromatic nitrogens is 1. The summed E-state index contributed by atoms with van der Waals surface area (Å²) in [6.07, 6.45) is 3.82. The molecule has 0 aliphatic rings. The second kappa shape index (κ2) is 5.98. The summed E-state index contributed by atoms with van der Waals surface area (Å²) in [6, 6.07) is 2.54. The van der Waals surface area contributed by atoms with Gasteiger partial charge in [0.15, 0.2) is 0 Å². The molecule has 0 aromatic carbocycles. The number of hydrogen-bond acceptors (Lipinski definition) is 3. The lowest BCUT2D eigenvalue weighted by molar-refractivity contribution is -0.120. The Morgan fingerprint density at radius 2 is 2.00 bits per heavy atom. The molecule has 2 amide bonds. The molecule has 0 spiro atoms. The molecule has 3 N–H and O–H groups in total. The molecular formula is C12H17N3O2. The molecule has 0 fully saturated rings. The Labute approximate surface area is 100 Å². The number of nitrogens with two attached hydrogens (primary N) is 1. The number of carbonyl (C=O) groups excluding carboxylic acids is 2. The fourth-order valence-corrected chi connectivity index (χ4v) is 1.46. The van der Waals surface area contributed by atoms with Crippen LogP contribution >= 0.6 is 0 Å². The quantitative estimate of drug-likeness (QED) is 0.788. The minimum Gasteiger partial charge on any atom is -0.368 e. The smallest absolute Gasteiger partial charge is 0.252 e. The third-order valence-electron chi connectivity index (χ3n) is 2.75. The topological polar surface area (TPSA) is 85.1 Å². The lowest BCUT2D eigenvalue weighted by Crippen LogP contribution is -2.48. The van der Waals surface area contributed by atoms with E-state index in [1.165, 1.54) is 12.4 Å². The van der Waals surface area contributed by atoms with E-state index in [2.05, 4.69) is 10.3 Å². The van der Waals surface area contributed by atoms with Crippen molar-refractivity contribution in [3.8, 4) is 0 Å². The fourth-order valence-electron chi connectivity index (χ4n) is 1.46. The summed E-state index contributed by atoms with van der Waals surface area (Å²) in [4.78, 5) is 26.9. The SMILES string of the molecule is CC[C@@H](C)[C@H](NC(=O)c1ccncc1)C(N)=O. The second-order valence-corrected chi connectivity index (χ2v) is 3.97. The van der Waals surface area contributed by atoms with Crippen molar-refractivity contribution in [3.05, 3.63) is 30.1 Å². The van der Waals surface area contributed by atoms with Gasteiger partial charge in [-0.2, -0.15) is 0 Å². The Morgan fingerprint density at radius 1 is 1.41 bits per heavy atom. The van der Waals surface area contributed by atoms with Gasteiger partial charge in [-0.3, -0.25) is 14.6 Å². The Kier molecular flexibility index (Phi) is 4.63. The van der Waals surface area contributed by atoms with Gasteiger partial charge in [0.05, 0.1) is 0 Å². The van der Waals surface area contributed by atoms with Crippen LogP contribution in [0.15, 0.2) is 24.5 Å². The minimum absolute atomic E-state index is 0.0123. The maximum atomic E-state index is 11.8. The number of pyridine rings is 1. The average Bonchev–Trinajstić information content (AvgIpc) is 2.35. The number of rotatable bonds is 5. The highest BCUT2D eigenvalue weighted by molar-refractivity contribution is 5.97. The maximum Gasteiger partial charge on any atom is 0.252 e. The van der Waals surface area contributed by atoms with Gasteiger partial charge in [0.2, 0.25) is 5.91 Å². The summed E-state index contributed by atoms with van der Waals surface area (Å²) in [6.45, 7) is 3.82. The summed E-state index contributed by atoms with van der Waals surface area (Å²) < 4.78 is 0. The number of nitrogens with one attached hydrogen (secondary N) is 1. The normalized spacial score (nSPS) is 13.8. The van der Waals surface area contributed by atoms with Gasteiger partial charge >= 0.3 is 0 Å². The van der Waals surface area contributed by atoms with Crippen molar-refractivity contribution in [1.82, 2.24) is 10.3 Å². The summed E-state index contributed by atoms with van der Waals surface area (Å²) in [7, 11) is 0. The maximum absolute atomic E-state index is 11.8. The average molecular weight is 235 g/mol. The van der Waals surface area contributed by atoms with E-state index in [1.54, 1.807) is 12.1 Å². The van der Waals surface area contributed by atoms with Gasteiger partial charge in [-0.05, 0) is 18.1 Å². The lowest BCUT2D eigenvalue weighted by atomic mass is 9.98. The molecule has 2 atom stereocenters. The van der Waals surface area contributed by atoms with E-state index in [-0.39, 0.29) is 11.8 Å². The van der Waals surface area contributed by atoms with Gasteiger partial charge in [-0.25, -0.2) is 0 Å². The molecule has 0 radical (unpaired) electrons. The Balaban J connectivity index is 2.75. The van der Waals surface area contributed by atoms with Crippen LogP contribution in [0.5, 0.6) is 0 Å². The third-order valence-corrected chi connectivity index (χ3v) is 2.75. The number of amides is 2. The molecule has 17 heavy (non-hydrogen) atoms. The molecule has 1 aromatic rings. The van der Waals surface area contributed by atoms with Crippen LogP contribution in [0.25, 0.3) is 0 Å². The van der Waals surface area contributed by atoms with Gasteiger partial charge in [0, 0.05) is 18.0 Å². The van der Waals surface area contributed by atoms with E-state index >= 15 is 0 Å². The first kappa shape index (κ1) is 13.2. The predicted octanol–water partition coefficient (Wildman–Crippen LogP) is 0.711. The fraction of sp³-hybridized carbons (Fsp3) is 0.417. The van der Waals surface area contributed by atoms with Crippen LogP contribution in [0.1, 0.15) is 30.6 Å². The molecule has 0 bridgehead atoms. The second-order valence-electron chi connectivity index (χ2n) is 3.97. The van der Waals surface area contributed by atoms with Crippen molar-refractivity contribution in [1.29, 1.82) is 0 Å². The first-order valence-corrected chi connectivity index (χ1v) is 5.56. The van der Waals surface area contributed by atoms with Crippen molar-refractivity contribution >= 4 is 11.8 Å². The molecule has 0 unspecified atom stereocenters. The third kappa shape index (κ3) is 3.55. The van der Waals surface area contributed by atoms with Crippen LogP contribution in [-0.4, -0.2) is 22.8 Å². The molecule has 0 aliphatic carbocycles. The van der Waals surface area contributed by atoms with E-state index in [1.807, 2.05) is 13.8 Å². The summed E-state index contributed by atoms with van der Waals surface area (Å²) in [5.41, 5.74) is 5.74. The summed E-state index contributed by atoms with van der Waals surface area (Å²) in [5.74, 6) is -0.809. The highest BCUT2D eigenvalue weighted by Gasteiger charge is 2.23. The number of primary amides is 1. The lowest BCUT2D eigenvalue weighted by Gasteiger charge is -2.21. The van der Waals surface area contributed by atoms with Gasteiger partial charge in [0.1, 0.15) is 6.04 Å². The van der Waals surface area contributed by atoms with Crippen LogP contribution in [0.2, 0.25) is 0 Å². The zero-order valence-corrected chi connectivity index (χ0v) is 10.0. The van der Waals surface area contributed by atoms with Crippen LogP contribution in [-0.2, 0) is 4.79 Å². The number of hydrogen-bond donors (Lipinski definition) is 2. The van der Waals surface area contributed by atoms with Crippen LogP contribution in [0.4, 0.5) is 0 Å². The van der Waals surface area contributed by atoms with Crippen LogP contribution in [0, 0.1) is 5.92 Å². The van der Waals surface area contributed by atoms with E-state index in [0.29, 0.717) is 5.56 Å². The van der Waals surface area contributed by atoms with Crippen LogP contribution in [0.3, 0.4) is 0 Å². The van der Waals surface area contributed by atoms with Crippen molar-refractivity contribution in [3.63, 3.8) is 0 Å². The summed E-state index contributed by atoms with van der Waals surface area (Å²) in [5, 5.41) is 2.64. The minimum atomic E-state index is -0.638. The van der Waals surface area contributed by atoms with Gasteiger partial charge < -0.3 is 11.1 Å². The molecule has 1 heterocycles. The Morgan fingerprint density at radius 3 is 2.47 bits per heavy atom. The molecule has 1 aromatic heterocycles. The van der Waals surface area contributed by atoms with Gasteiger partial charge in [0.25, 0.3) is 5.91 Å². The molecule has 0 saturated heterocycles. The van der Waals surface area contributed by atoms with Crippen molar-refractivity contribution in [2.24, 2.45) is 11.7 Å². The zero-order valence-electron chi connectivity index (χ0n) is 10.0. The summed E-state index contributed by atoms with van der Waals surface area (Å²) >= 11 is 0. The molecule has 0 aliphatic heterocycles. The van der Waals surface area contributed by atoms with Gasteiger partial charge in [-0.1, -0.05) is 20.3 Å². The monoisotopic (exact) mass is 235 g/mol. The molecule has 5 heteroatoms.